The Hall–Kier alpha value is -1.80. The molecular formula is C17H15ClO2. The van der Waals surface area contributed by atoms with Crippen LogP contribution in [0.2, 0.25) is 5.02 Å². The maximum Gasteiger partial charge on any atom is 0.166 e. The van der Waals surface area contributed by atoms with Crippen LogP contribution in [0.3, 0.4) is 0 Å². The van der Waals surface area contributed by atoms with E-state index in [-0.39, 0.29) is 11.7 Å². The smallest absolute Gasteiger partial charge is 0.166 e. The van der Waals surface area contributed by atoms with Gasteiger partial charge in [-0.25, -0.2) is 0 Å². The van der Waals surface area contributed by atoms with Crippen LogP contribution in [-0.4, -0.2) is 12.9 Å². The number of hydrogen-bond acceptors (Lipinski definition) is 2. The van der Waals surface area contributed by atoms with E-state index in [1.54, 1.807) is 7.11 Å². The number of hydrogen-bond donors (Lipinski definition) is 0. The van der Waals surface area contributed by atoms with E-state index >= 15 is 0 Å². The second-order valence-corrected chi connectivity index (χ2v) is 5.53. The molecule has 1 fully saturated rings. The molecule has 1 saturated carbocycles. The molecular weight excluding hydrogens is 272 g/mol. The Morgan fingerprint density at radius 3 is 2.35 bits per heavy atom. The summed E-state index contributed by atoms with van der Waals surface area (Å²) >= 11 is 5.88. The average Bonchev–Trinajstić information content (AvgIpc) is 3.28. The Morgan fingerprint density at radius 1 is 1.10 bits per heavy atom. The van der Waals surface area contributed by atoms with Gasteiger partial charge in [-0.15, -0.1) is 0 Å². The lowest BCUT2D eigenvalue weighted by atomic mass is 10.0. The molecule has 0 aromatic heterocycles. The summed E-state index contributed by atoms with van der Waals surface area (Å²) in [5.74, 6) is 1.42. The molecule has 0 bridgehead atoms. The first-order valence-corrected chi connectivity index (χ1v) is 7.00. The van der Waals surface area contributed by atoms with E-state index in [9.17, 15) is 4.79 Å². The minimum Gasteiger partial charge on any atom is -0.497 e. The lowest BCUT2D eigenvalue weighted by Crippen LogP contribution is -2.03. The third-order valence-electron chi connectivity index (χ3n) is 3.80. The van der Waals surface area contributed by atoms with Crippen molar-refractivity contribution in [2.75, 3.05) is 7.11 Å². The van der Waals surface area contributed by atoms with Gasteiger partial charge in [0.05, 0.1) is 7.11 Å². The third-order valence-corrected chi connectivity index (χ3v) is 4.05. The van der Waals surface area contributed by atoms with Crippen LogP contribution in [-0.2, 0) is 0 Å². The predicted molar refractivity (Wildman–Crippen MR) is 79.6 cm³/mol. The maximum atomic E-state index is 12.4. The summed E-state index contributed by atoms with van der Waals surface area (Å²) < 4.78 is 5.10. The van der Waals surface area contributed by atoms with Crippen molar-refractivity contribution >= 4 is 17.4 Å². The van der Waals surface area contributed by atoms with Gasteiger partial charge in [-0.2, -0.15) is 0 Å². The first-order valence-electron chi connectivity index (χ1n) is 6.63. The summed E-state index contributed by atoms with van der Waals surface area (Å²) in [4.78, 5) is 12.4. The molecule has 20 heavy (non-hydrogen) atoms. The van der Waals surface area contributed by atoms with E-state index in [0.29, 0.717) is 5.92 Å². The molecule has 0 heterocycles. The van der Waals surface area contributed by atoms with Crippen LogP contribution >= 0.6 is 11.6 Å². The van der Waals surface area contributed by atoms with Crippen LogP contribution in [0.1, 0.15) is 28.3 Å². The van der Waals surface area contributed by atoms with Gasteiger partial charge in [0.25, 0.3) is 0 Å². The molecule has 0 radical (unpaired) electrons. The average molecular weight is 287 g/mol. The summed E-state index contributed by atoms with van der Waals surface area (Å²) in [6.07, 6.45) is 0.923. The summed E-state index contributed by atoms with van der Waals surface area (Å²) in [7, 11) is 1.62. The van der Waals surface area contributed by atoms with Gasteiger partial charge in [0.1, 0.15) is 5.75 Å². The largest absolute Gasteiger partial charge is 0.497 e. The van der Waals surface area contributed by atoms with Gasteiger partial charge in [-0.05, 0) is 54.3 Å². The lowest BCUT2D eigenvalue weighted by Gasteiger charge is -2.03. The topological polar surface area (TPSA) is 26.3 Å². The van der Waals surface area contributed by atoms with E-state index < -0.39 is 0 Å². The molecule has 0 N–H and O–H groups in total. The van der Waals surface area contributed by atoms with Crippen LogP contribution in [0.5, 0.6) is 5.75 Å². The van der Waals surface area contributed by atoms with Crippen molar-refractivity contribution < 1.29 is 9.53 Å². The Balaban J connectivity index is 1.71. The van der Waals surface area contributed by atoms with Crippen molar-refractivity contribution in [2.24, 2.45) is 5.92 Å². The third kappa shape index (κ3) is 2.56. The predicted octanol–water partition coefficient (Wildman–Crippen LogP) is 4.34. The van der Waals surface area contributed by atoms with Gasteiger partial charge >= 0.3 is 0 Å². The molecule has 2 aromatic rings. The molecule has 0 amide bonds. The van der Waals surface area contributed by atoms with Crippen molar-refractivity contribution in [1.82, 2.24) is 0 Å². The van der Waals surface area contributed by atoms with Gasteiger partial charge in [0.15, 0.2) is 5.78 Å². The highest BCUT2D eigenvalue weighted by Crippen LogP contribution is 2.49. The second-order valence-electron chi connectivity index (χ2n) is 5.09. The summed E-state index contributed by atoms with van der Waals surface area (Å²) in [5.41, 5.74) is 1.95. The van der Waals surface area contributed by atoms with E-state index in [4.69, 9.17) is 16.3 Å². The Labute approximate surface area is 123 Å². The quantitative estimate of drug-likeness (QED) is 0.782. The van der Waals surface area contributed by atoms with Crippen LogP contribution < -0.4 is 4.74 Å². The molecule has 0 unspecified atom stereocenters. The highest BCUT2D eigenvalue weighted by Gasteiger charge is 2.43. The number of ether oxygens (including phenoxy) is 1. The molecule has 1 aliphatic rings. The Kier molecular flexibility index (Phi) is 3.49. The zero-order valence-corrected chi connectivity index (χ0v) is 11.9. The molecule has 3 heteroatoms. The SMILES string of the molecule is COc1ccc(C(=O)[C@H]2C[C@@H]2c2ccc(Cl)cc2)cc1. The number of ketones is 1. The highest BCUT2D eigenvalue weighted by atomic mass is 35.5. The van der Waals surface area contributed by atoms with E-state index in [1.165, 1.54) is 5.56 Å². The van der Waals surface area contributed by atoms with E-state index in [0.717, 1.165) is 22.8 Å². The van der Waals surface area contributed by atoms with Crippen molar-refractivity contribution in [1.29, 1.82) is 0 Å². The van der Waals surface area contributed by atoms with Gasteiger partial charge in [-0.1, -0.05) is 23.7 Å². The van der Waals surface area contributed by atoms with Crippen LogP contribution in [0.25, 0.3) is 0 Å². The number of Topliss-reactive ketones (excluding diaryl/α,β-unsaturated/α-hetero) is 1. The van der Waals surface area contributed by atoms with E-state index in [2.05, 4.69) is 0 Å². The van der Waals surface area contributed by atoms with Gasteiger partial charge in [0, 0.05) is 16.5 Å². The molecule has 3 rings (SSSR count). The van der Waals surface area contributed by atoms with Crippen LogP contribution in [0.4, 0.5) is 0 Å². The second kappa shape index (κ2) is 5.29. The number of methoxy groups -OCH3 is 1. The van der Waals surface area contributed by atoms with Crippen molar-refractivity contribution in [3.63, 3.8) is 0 Å². The maximum absolute atomic E-state index is 12.4. The number of benzene rings is 2. The van der Waals surface area contributed by atoms with Crippen LogP contribution in [0, 0.1) is 5.92 Å². The molecule has 0 aliphatic heterocycles. The zero-order valence-electron chi connectivity index (χ0n) is 11.2. The summed E-state index contributed by atoms with van der Waals surface area (Å²) in [6.45, 7) is 0. The Morgan fingerprint density at radius 2 is 1.75 bits per heavy atom. The number of halogens is 1. The molecule has 1 aliphatic carbocycles. The Bertz CT molecular complexity index is 616. The first-order chi connectivity index (χ1) is 9.69. The lowest BCUT2D eigenvalue weighted by molar-refractivity contribution is 0.0965. The summed E-state index contributed by atoms with van der Waals surface area (Å²) in [6, 6.07) is 15.1. The molecule has 102 valence electrons. The molecule has 0 saturated heterocycles. The molecule has 0 spiro atoms. The molecule has 2 nitrogen and oxygen atoms in total. The summed E-state index contributed by atoms with van der Waals surface area (Å²) in [5, 5.41) is 0.729. The van der Waals surface area contributed by atoms with Crippen molar-refractivity contribution in [3.05, 3.63) is 64.7 Å². The minimum absolute atomic E-state index is 0.101. The van der Waals surface area contributed by atoms with Gasteiger partial charge < -0.3 is 4.74 Å². The molecule has 2 aromatic carbocycles. The van der Waals surface area contributed by atoms with Crippen molar-refractivity contribution in [2.45, 2.75) is 12.3 Å². The van der Waals surface area contributed by atoms with Gasteiger partial charge in [0.2, 0.25) is 0 Å². The van der Waals surface area contributed by atoms with Crippen molar-refractivity contribution in [3.8, 4) is 5.75 Å². The fraction of sp³-hybridized carbons (Fsp3) is 0.235. The fourth-order valence-corrected chi connectivity index (χ4v) is 2.66. The first kappa shape index (κ1) is 13.2. The van der Waals surface area contributed by atoms with Gasteiger partial charge in [-0.3, -0.25) is 4.79 Å². The minimum atomic E-state index is 0.101. The number of carbonyl (C=O) groups is 1. The number of carbonyl (C=O) groups excluding carboxylic acids is 1. The standard InChI is InChI=1S/C17H15ClO2/c1-20-14-8-4-12(5-9-14)17(19)16-10-15(16)11-2-6-13(18)7-3-11/h2-9,15-16H,10H2,1H3/t15-,16+/m1/s1. The van der Waals surface area contributed by atoms with E-state index in [1.807, 2.05) is 48.5 Å². The highest BCUT2D eigenvalue weighted by molar-refractivity contribution is 6.30. The van der Waals surface area contributed by atoms with Crippen LogP contribution in [0.15, 0.2) is 48.5 Å². The fourth-order valence-electron chi connectivity index (χ4n) is 2.53. The molecule has 2 atom stereocenters. The zero-order chi connectivity index (χ0) is 14.1. The normalized spacial score (nSPS) is 20.5. The number of rotatable bonds is 4. The monoisotopic (exact) mass is 286 g/mol.